The van der Waals surface area contributed by atoms with Gasteiger partial charge < -0.3 is 9.88 Å². The standard InChI is InChI=1S/C25H23N3O2/c1-28-17-26-21-14-8-13-20(24(21)28)16-23(29)22(15-18-9-4-2-5-10-18)27-25(30)19-11-6-3-7-12-19/h2-14,17,22H,15-16H2,1H3,(H,27,30). The van der Waals surface area contributed by atoms with Gasteiger partial charge in [-0.3, -0.25) is 9.59 Å². The third kappa shape index (κ3) is 4.30. The van der Waals surface area contributed by atoms with Crippen molar-refractivity contribution in [2.75, 3.05) is 0 Å². The molecule has 1 N–H and O–H groups in total. The molecule has 0 aliphatic carbocycles. The molecule has 0 aliphatic heterocycles. The largest absolute Gasteiger partial charge is 0.342 e. The van der Waals surface area contributed by atoms with Gasteiger partial charge in [0.05, 0.1) is 23.4 Å². The highest BCUT2D eigenvalue weighted by Crippen LogP contribution is 2.19. The van der Waals surface area contributed by atoms with Crippen LogP contribution in [0.5, 0.6) is 0 Å². The Hall–Kier alpha value is -3.73. The van der Waals surface area contributed by atoms with Crippen molar-refractivity contribution in [3.05, 3.63) is 102 Å². The number of amides is 1. The third-order valence-electron chi connectivity index (χ3n) is 5.20. The van der Waals surface area contributed by atoms with Crippen LogP contribution in [0.15, 0.2) is 85.2 Å². The first-order chi connectivity index (χ1) is 14.6. The summed E-state index contributed by atoms with van der Waals surface area (Å²) in [7, 11) is 1.92. The predicted molar refractivity (Wildman–Crippen MR) is 117 cm³/mol. The highest BCUT2D eigenvalue weighted by atomic mass is 16.2. The summed E-state index contributed by atoms with van der Waals surface area (Å²) in [5.74, 6) is -0.277. The number of fused-ring (bicyclic) bond motifs is 1. The molecule has 5 heteroatoms. The van der Waals surface area contributed by atoms with Gasteiger partial charge in [0, 0.05) is 19.0 Å². The number of para-hydroxylation sites is 1. The summed E-state index contributed by atoms with van der Waals surface area (Å²) in [5.41, 5.74) is 4.25. The molecular weight excluding hydrogens is 374 g/mol. The fraction of sp³-hybridized carbons (Fsp3) is 0.160. The third-order valence-corrected chi connectivity index (χ3v) is 5.20. The molecule has 0 radical (unpaired) electrons. The molecule has 150 valence electrons. The van der Waals surface area contributed by atoms with Crippen molar-refractivity contribution in [2.24, 2.45) is 7.05 Å². The van der Waals surface area contributed by atoms with Gasteiger partial charge in [0.15, 0.2) is 5.78 Å². The Morgan fingerprint density at radius 3 is 2.37 bits per heavy atom. The minimum Gasteiger partial charge on any atom is -0.342 e. The van der Waals surface area contributed by atoms with Crippen molar-refractivity contribution in [1.82, 2.24) is 14.9 Å². The quantitative estimate of drug-likeness (QED) is 0.517. The zero-order valence-corrected chi connectivity index (χ0v) is 16.8. The Kier molecular flexibility index (Phi) is 5.70. The van der Waals surface area contributed by atoms with Crippen LogP contribution >= 0.6 is 0 Å². The van der Waals surface area contributed by atoms with Crippen LogP contribution in [-0.4, -0.2) is 27.3 Å². The van der Waals surface area contributed by atoms with Gasteiger partial charge in [-0.05, 0) is 35.7 Å². The topological polar surface area (TPSA) is 64.0 Å². The fourth-order valence-corrected chi connectivity index (χ4v) is 3.68. The minimum atomic E-state index is -0.622. The van der Waals surface area contributed by atoms with E-state index in [1.165, 1.54) is 0 Å². The average molecular weight is 397 g/mol. The molecule has 1 unspecified atom stereocenters. The second-order valence-corrected chi connectivity index (χ2v) is 7.37. The van der Waals surface area contributed by atoms with E-state index in [2.05, 4.69) is 10.3 Å². The first kappa shape index (κ1) is 19.6. The van der Waals surface area contributed by atoms with E-state index < -0.39 is 6.04 Å². The number of aromatic nitrogens is 2. The van der Waals surface area contributed by atoms with Crippen LogP contribution in [0.2, 0.25) is 0 Å². The van der Waals surface area contributed by atoms with Gasteiger partial charge in [-0.2, -0.15) is 0 Å². The number of nitrogens with one attached hydrogen (secondary N) is 1. The smallest absolute Gasteiger partial charge is 0.251 e. The van der Waals surface area contributed by atoms with Crippen LogP contribution in [0.4, 0.5) is 0 Å². The Morgan fingerprint density at radius 2 is 1.63 bits per heavy atom. The molecular formula is C25H23N3O2. The SMILES string of the molecule is Cn1cnc2cccc(CC(=O)C(Cc3ccccc3)NC(=O)c3ccccc3)c21. The first-order valence-electron chi connectivity index (χ1n) is 9.93. The summed E-state index contributed by atoms with van der Waals surface area (Å²) in [6.07, 6.45) is 2.42. The molecule has 0 saturated carbocycles. The first-order valence-corrected chi connectivity index (χ1v) is 9.93. The number of nitrogens with zero attached hydrogens (tertiary/aromatic N) is 2. The average Bonchev–Trinajstić information content (AvgIpc) is 3.16. The number of imidazole rings is 1. The van der Waals surface area contributed by atoms with Gasteiger partial charge in [0.2, 0.25) is 0 Å². The maximum absolute atomic E-state index is 13.3. The molecule has 1 amide bonds. The van der Waals surface area contributed by atoms with Crippen LogP contribution in [-0.2, 0) is 24.7 Å². The Balaban J connectivity index is 1.60. The summed E-state index contributed by atoms with van der Waals surface area (Å²) in [6.45, 7) is 0. The predicted octanol–water partition coefficient (Wildman–Crippen LogP) is 3.73. The van der Waals surface area contributed by atoms with Crippen molar-refractivity contribution in [2.45, 2.75) is 18.9 Å². The maximum atomic E-state index is 13.3. The molecule has 3 aromatic carbocycles. The van der Waals surface area contributed by atoms with Crippen LogP contribution < -0.4 is 5.32 Å². The number of Topliss-reactive ketones (excluding diaryl/α,β-unsaturated/α-hetero) is 1. The Morgan fingerprint density at radius 1 is 0.933 bits per heavy atom. The fourth-order valence-electron chi connectivity index (χ4n) is 3.68. The van der Waals surface area contributed by atoms with E-state index in [-0.39, 0.29) is 18.1 Å². The second-order valence-electron chi connectivity index (χ2n) is 7.37. The van der Waals surface area contributed by atoms with Gasteiger partial charge in [0.25, 0.3) is 5.91 Å². The number of rotatable bonds is 7. The van der Waals surface area contributed by atoms with Crippen LogP contribution in [0.1, 0.15) is 21.5 Å². The summed E-state index contributed by atoms with van der Waals surface area (Å²) in [4.78, 5) is 30.4. The number of ketones is 1. The highest BCUT2D eigenvalue weighted by Gasteiger charge is 2.23. The molecule has 0 fully saturated rings. The lowest BCUT2D eigenvalue weighted by Gasteiger charge is -2.18. The number of hydrogen-bond acceptors (Lipinski definition) is 3. The number of aryl methyl sites for hydroxylation is 1. The van der Waals surface area contributed by atoms with Crippen LogP contribution in [0.25, 0.3) is 11.0 Å². The van der Waals surface area contributed by atoms with Crippen molar-refractivity contribution in [1.29, 1.82) is 0 Å². The molecule has 0 saturated heterocycles. The molecule has 0 aliphatic rings. The van der Waals surface area contributed by atoms with E-state index in [4.69, 9.17) is 0 Å². The maximum Gasteiger partial charge on any atom is 0.251 e. The number of carbonyl (C=O) groups is 2. The molecule has 4 rings (SSSR count). The lowest BCUT2D eigenvalue weighted by Crippen LogP contribution is -2.43. The molecule has 0 spiro atoms. The van der Waals surface area contributed by atoms with Gasteiger partial charge in [-0.1, -0.05) is 60.7 Å². The van der Waals surface area contributed by atoms with Gasteiger partial charge in [-0.15, -0.1) is 0 Å². The van der Waals surface area contributed by atoms with Crippen LogP contribution in [0, 0.1) is 0 Å². The van der Waals surface area contributed by atoms with Crippen molar-refractivity contribution in [3.8, 4) is 0 Å². The summed E-state index contributed by atoms with van der Waals surface area (Å²) in [6, 6.07) is 23.9. The van der Waals surface area contributed by atoms with E-state index in [0.717, 1.165) is 22.2 Å². The lowest BCUT2D eigenvalue weighted by molar-refractivity contribution is -0.120. The molecule has 5 nitrogen and oxygen atoms in total. The normalized spacial score (nSPS) is 11.9. The second kappa shape index (κ2) is 8.74. The van der Waals surface area contributed by atoms with Crippen molar-refractivity contribution < 1.29 is 9.59 Å². The number of hydrogen-bond donors (Lipinski definition) is 1. The Labute approximate surface area is 175 Å². The van der Waals surface area contributed by atoms with Gasteiger partial charge >= 0.3 is 0 Å². The zero-order chi connectivity index (χ0) is 20.9. The molecule has 0 bridgehead atoms. The summed E-state index contributed by atoms with van der Waals surface area (Å²) < 4.78 is 1.92. The Bertz CT molecular complexity index is 1170. The minimum absolute atomic E-state index is 0.0307. The van der Waals surface area contributed by atoms with Gasteiger partial charge in [-0.25, -0.2) is 4.98 Å². The summed E-state index contributed by atoms with van der Waals surface area (Å²) >= 11 is 0. The van der Waals surface area contributed by atoms with E-state index in [9.17, 15) is 9.59 Å². The lowest BCUT2D eigenvalue weighted by atomic mass is 9.96. The van der Waals surface area contributed by atoms with Gasteiger partial charge in [0.1, 0.15) is 0 Å². The van der Waals surface area contributed by atoms with E-state index in [0.29, 0.717) is 12.0 Å². The van der Waals surface area contributed by atoms with E-state index >= 15 is 0 Å². The number of benzene rings is 3. The van der Waals surface area contributed by atoms with Crippen molar-refractivity contribution >= 4 is 22.7 Å². The molecule has 4 aromatic rings. The molecule has 1 atom stereocenters. The molecule has 30 heavy (non-hydrogen) atoms. The monoisotopic (exact) mass is 397 g/mol. The van der Waals surface area contributed by atoms with Crippen LogP contribution in [0.3, 0.4) is 0 Å². The van der Waals surface area contributed by atoms with E-state index in [1.54, 1.807) is 18.5 Å². The molecule has 1 heterocycles. The van der Waals surface area contributed by atoms with E-state index in [1.807, 2.05) is 78.3 Å². The highest BCUT2D eigenvalue weighted by molar-refractivity contribution is 5.99. The molecule has 1 aromatic heterocycles. The zero-order valence-electron chi connectivity index (χ0n) is 16.8. The number of carbonyl (C=O) groups excluding carboxylic acids is 2. The summed E-state index contributed by atoms with van der Waals surface area (Å²) in [5, 5.41) is 2.95. The van der Waals surface area contributed by atoms with Crippen molar-refractivity contribution in [3.63, 3.8) is 0 Å².